The number of nitrogens with zero attached hydrogens (tertiary/aromatic N) is 1. The number of unbranched alkanes of at least 4 members (excludes halogenated alkanes) is 2. The van der Waals surface area contributed by atoms with Crippen molar-refractivity contribution in [3.8, 4) is 0 Å². The molecule has 0 aliphatic carbocycles. The van der Waals surface area contributed by atoms with Crippen LogP contribution in [0, 0.1) is 11.8 Å². The standard InChI is InChI=1S/C14H27NO2/c1-11(2)13(5)15-17-10-8-6-7-9-14(16)12(3)4/h11-12H,6-10H2,1-5H3/b15-13+. The summed E-state index contributed by atoms with van der Waals surface area (Å²) in [5, 5.41) is 4.03. The lowest BCUT2D eigenvalue weighted by atomic mass is 10.0. The van der Waals surface area contributed by atoms with Crippen molar-refractivity contribution in [2.75, 3.05) is 6.61 Å². The molecule has 0 radical (unpaired) electrons. The highest BCUT2D eigenvalue weighted by molar-refractivity contribution is 5.83. The Balaban J connectivity index is 3.42. The lowest BCUT2D eigenvalue weighted by molar-refractivity contribution is -0.122. The number of hydrogen-bond donors (Lipinski definition) is 0. The summed E-state index contributed by atoms with van der Waals surface area (Å²) in [6, 6.07) is 0. The van der Waals surface area contributed by atoms with Crippen LogP contribution in [-0.4, -0.2) is 18.1 Å². The van der Waals surface area contributed by atoms with Gasteiger partial charge in [-0.05, 0) is 32.1 Å². The number of ketones is 1. The van der Waals surface area contributed by atoms with Gasteiger partial charge in [0.05, 0.1) is 5.71 Å². The van der Waals surface area contributed by atoms with Gasteiger partial charge in [0.25, 0.3) is 0 Å². The van der Waals surface area contributed by atoms with E-state index in [1.165, 1.54) is 0 Å². The molecule has 17 heavy (non-hydrogen) atoms. The highest BCUT2D eigenvalue weighted by Crippen LogP contribution is 2.06. The average molecular weight is 241 g/mol. The van der Waals surface area contributed by atoms with Gasteiger partial charge in [-0.1, -0.05) is 32.9 Å². The fourth-order valence-corrected chi connectivity index (χ4v) is 1.18. The lowest BCUT2D eigenvalue weighted by Gasteiger charge is -2.05. The molecule has 0 fully saturated rings. The van der Waals surface area contributed by atoms with Crippen LogP contribution in [0.25, 0.3) is 0 Å². The Kier molecular flexibility index (Phi) is 8.73. The van der Waals surface area contributed by atoms with Crippen LogP contribution >= 0.6 is 0 Å². The molecule has 100 valence electrons. The number of carbonyl (C=O) groups is 1. The topological polar surface area (TPSA) is 38.7 Å². The molecule has 0 aromatic carbocycles. The maximum atomic E-state index is 11.3. The highest BCUT2D eigenvalue weighted by Gasteiger charge is 2.05. The number of carbonyl (C=O) groups excluding carboxylic acids is 1. The molecule has 0 heterocycles. The van der Waals surface area contributed by atoms with E-state index >= 15 is 0 Å². The molecule has 0 aliphatic rings. The van der Waals surface area contributed by atoms with Crippen molar-refractivity contribution in [3.05, 3.63) is 0 Å². The molecule has 0 aromatic rings. The van der Waals surface area contributed by atoms with Gasteiger partial charge >= 0.3 is 0 Å². The molecule has 3 nitrogen and oxygen atoms in total. The molecule has 0 rings (SSSR count). The minimum atomic E-state index is 0.171. The fraction of sp³-hybridized carbons (Fsp3) is 0.857. The third-order valence-corrected chi connectivity index (χ3v) is 2.85. The van der Waals surface area contributed by atoms with Crippen LogP contribution < -0.4 is 0 Å². The van der Waals surface area contributed by atoms with Crippen LogP contribution in [0.5, 0.6) is 0 Å². The van der Waals surface area contributed by atoms with Crippen molar-refractivity contribution in [1.29, 1.82) is 0 Å². The molecule has 0 N–H and O–H groups in total. The van der Waals surface area contributed by atoms with E-state index in [1.54, 1.807) is 0 Å². The smallest absolute Gasteiger partial charge is 0.135 e. The molecule has 0 aromatic heterocycles. The lowest BCUT2D eigenvalue weighted by Crippen LogP contribution is -2.06. The molecular formula is C14H27NO2. The van der Waals surface area contributed by atoms with Gasteiger partial charge in [0, 0.05) is 12.3 Å². The van der Waals surface area contributed by atoms with Gasteiger partial charge in [-0.3, -0.25) is 4.79 Å². The summed E-state index contributed by atoms with van der Waals surface area (Å²) in [6.07, 6.45) is 3.67. The molecule has 0 saturated heterocycles. The van der Waals surface area contributed by atoms with E-state index in [-0.39, 0.29) is 5.92 Å². The van der Waals surface area contributed by atoms with E-state index in [2.05, 4.69) is 19.0 Å². The predicted molar refractivity (Wildman–Crippen MR) is 72.2 cm³/mol. The molecule has 0 atom stereocenters. The van der Waals surface area contributed by atoms with Crippen molar-refractivity contribution < 1.29 is 9.63 Å². The Morgan fingerprint density at radius 2 is 1.71 bits per heavy atom. The van der Waals surface area contributed by atoms with E-state index in [4.69, 9.17) is 4.84 Å². The van der Waals surface area contributed by atoms with Gasteiger partial charge in [0.1, 0.15) is 12.4 Å². The van der Waals surface area contributed by atoms with Crippen LogP contribution in [0.15, 0.2) is 5.16 Å². The molecule has 0 saturated carbocycles. The summed E-state index contributed by atoms with van der Waals surface area (Å²) in [7, 11) is 0. The SMILES string of the molecule is C/C(=N\OCCCCCC(=O)C(C)C)C(C)C. The number of rotatable bonds is 9. The second-order valence-electron chi connectivity index (χ2n) is 5.15. The van der Waals surface area contributed by atoms with E-state index in [1.807, 2.05) is 20.8 Å². The van der Waals surface area contributed by atoms with Gasteiger partial charge in [-0.2, -0.15) is 0 Å². The van der Waals surface area contributed by atoms with E-state index in [0.717, 1.165) is 25.0 Å². The van der Waals surface area contributed by atoms with Crippen molar-refractivity contribution in [1.82, 2.24) is 0 Å². The molecule has 0 amide bonds. The maximum absolute atomic E-state index is 11.3. The number of oxime groups is 1. The molecular weight excluding hydrogens is 214 g/mol. The van der Waals surface area contributed by atoms with Crippen LogP contribution in [-0.2, 0) is 9.63 Å². The van der Waals surface area contributed by atoms with Crippen molar-refractivity contribution in [3.63, 3.8) is 0 Å². The maximum Gasteiger partial charge on any atom is 0.135 e. The monoisotopic (exact) mass is 241 g/mol. The van der Waals surface area contributed by atoms with Crippen molar-refractivity contribution in [2.45, 2.75) is 60.3 Å². The van der Waals surface area contributed by atoms with Crippen LogP contribution in [0.3, 0.4) is 0 Å². The predicted octanol–water partition coefficient (Wildman–Crippen LogP) is 3.82. The first-order valence-electron chi connectivity index (χ1n) is 6.64. The van der Waals surface area contributed by atoms with Crippen LogP contribution in [0.2, 0.25) is 0 Å². The minimum Gasteiger partial charge on any atom is -0.396 e. The Labute approximate surface area is 106 Å². The summed E-state index contributed by atoms with van der Waals surface area (Å²) in [6.45, 7) is 10.7. The Bertz CT molecular complexity index is 245. The van der Waals surface area contributed by atoms with Gasteiger partial charge in [0.2, 0.25) is 0 Å². The minimum absolute atomic E-state index is 0.171. The van der Waals surface area contributed by atoms with Gasteiger partial charge in [-0.25, -0.2) is 0 Å². The Hall–Kier alpha value is -0.860. The summed E-state index contributed by atoms with van der Waals surface area (Å²) in [5.41, 5.74) is 1.03. The quantitative estimate of drug-likeness (QED) is 0.350. The first-order chi connectivity index (χ1) is 7.95. The Morgan fingerprint density at radius 1 is 1.06 bits per heavy atom. The normalized spacial score (nSPS) is 12.3. The number of Topliss-reactive ketones (excluding diaryl/α,β-unsaturated/α-hetero) is 1. The molecule has 3 heteroatoms. The zero-order valence-electron chi connectivity index (χ0n) is 12.0. The second-order valence-corrected chi connectivity index (χ2v) is 5.15. The average Bonchev–Trinajstić information content (AvgIpc) is 2.26. The second kappa shape index (κ2) is 9.20. The molecule has 0 unspecified atom stereocenters. The summed E-state index contributed by atoms with van der Waals surface area (Å²) >= 11 is 0. The van der Waals surface area contributed by atoms with Crippen LogP contribution in [0.1, 0.15) is 60.3 Å². The summed E-state index contributed by atoms with van der Waals surface area (Å²) < 4.78 is 0. The van der Waals surface area contributed by atoms with E-state index < -0.39 is 0 Å². The third-order valence-electron chi connectivity index (χ3n) is 2.85. The number of hydrogen-bond acceptors (Lipinski definition) is 3. The van der Waals surface area contributed by atoms with E-state index in [9.17, 15) is 4.79 Å². The van der Waals surface area contributed by atoms with Gasteiger partial charge < -0.3 is 4.84 Å². The highest BCUT2D eigenvalue weighted by atomic mass is 16.6. The first-order valence-corrected chi connectivity index (χ1v) is 6.64. The fourth-order valence-electron chi connectivity index (χ4n) is 1.18. The summed E-state index contributed by atoms with van der Waals surface area (Å²) in [4.78, 5) is 16.6. The molecule has 0 spiro atoms. The molecule has 0 aliphatic heterocycles. The largest absolute Gasteiger partial charge is 0.396 e. The van der Waals surface area contributed by atoms with E-state index in [0.29, 0.717) is 24.7 Å². The van der Waals surface area contributed by atoms with Gasteiger partial charge in [-0.15, -0.1) is 0 Å². The van der Waals surface area contributed by atoms with Crippen LogP contribution in [0.4, 0.5) is 0 Å². The molecule has 0 bridgehead atoms. The summed E-state index contributed by atoms with van der Waals surface area (Å²) in [5.74, 6) is 0.975. The van der Waals surface area contributed by atoms with Gasteiger partial charge in [0.15, 0.2) is 0 Å². The van der Waals surface area contributed by atoms with Crippen molar-refractivity contribution in [2.24, 2.45) is 17.0 Å². The zero-order valence-corrected chi connectivity index (χ0v) is 12.0. The zero-order chi connectivity index (χ0) is 13.3. The Morgan fingerprint density at radius 3 is 2.24 bits per heavy atom. The van der Waals surface area contributed by atoms with Crippen molar-refractivity contribution >= 4 is 11.5 Å². The first kappa shape index (κ1) is 16.1. The third kappa shape index (κ3) is 8.90.